The van der Waals surface area contributed by atoms with Crippen LogP contribution >= 0.6 is 23.1 Å². The number of ether oxygens (including phenoxy) is 2. The van der Waals surface area contributed by atoms with Gasteiger partial charge in [-0.2, -0.15) is 9.61 Å². The predicted molar refractivity (Wildman–Crippen MR) is 118 cm³/mol. The molecule has 0 amide bonds. The van der Waals surface area contributed by atoms with Crippen LogP contribution in [0.3, 0.4) is 0 Å². The Morgan fingerprint density at radius 2 is 1.77 bits per heavy atom. The second-order valence-corrected chi connectivity index (χ2v) is 11.6. The van der Waals surface area contributed by atoms with Crippen molar-refractivity contribution in [2.24, 2.45) is 17.8 Å². The summed E-state index contributed by atoms with van der Waals surface area (Å²) < 4.78 is 13.7. The van der Waals surface area contributed by atoms with Gasteiger partial charge in [0.25, 0.3) is 0 Å². The Morgan fingerprint density at radius 3 is 2.47 bits per heavy atom. The summed E-state index contributed by atoms with van der Waals surface area (Å²) in [5.41, 5.74) is 0. The third-order valence-corrected chi connectivity index (χ3v) is 9.39. The zero-order valence-corrected chi connectivity index (χ0v) is 18.8. The van der Waals surface area contributed by atoms with Gasteiger partial charge in [0.2, 0.25) is 4.96 Å². The highest BCUT2D eigenvalue weighted by molar-refractivity contribution is 7.99. The molecule has 3 aromatic rings. The van der Waals surface area contributed by atoms with Crippen LogP contribution in [0.25, 0.3) is 4.96 Å². The van der Waals surface area contributed by atoms with Gasteiger partial charge in [0.1, 0.15) is 6.61 Å². The minimum Gasteiger partial charge on any atom is -0.493 e. The number of fused-ring (bicyclic) bond motifs is 1. The van der Waals surface area contributed by atoms with E-state index in [1.807, 2.05) is 28.8 Å². The lowest BCUT2D eigenvalue weighted by atomic mass is 9.56. The second-order valence-electron chi connectivity index (χ2n) is 9.14. The van der Waals surface area contributed by atoms with Crippen LogP contribution in [0.1, 0.15) is 49.4 Å². The molecule has 0 spiro atoms. The maximum Gasteiger partial charge on any atom is 0.234 e. The summed E-state index contributed by atoms with van der Waals surface area (Å²) in [5.74, 6) is 6.23. The van der Waals surface area contributed by atoms with Gasteiger partial charge in [-0.15, -0.1) is 22.0 Å². The molecule has 0 unspecified atom stereocenters. The first-order valence-electron chi connectivity index (χ1n) is 10.8. The van der Waals surface area contributed by atoms with E-state index in [1.54, 1.807) is 7.11 Å². The Hall–Kier alpha value is -1.80. The van der Waals surface area contributed by atoms with Crippen LogP contribution < -0.4 is 9.47 Å². The maximum atomic E-state index is 5.93. The molecule has 4 aliphatic carbocycles. The number of nitrogens with zero attached hydrogens (tertiary/aromatic N) is 4. The molecule has 0 atom stereocenters. The van der Waals surface area contributed by atoms with Crippen LogP contribution in [0.4, 0.5) is 0 Å². The SMILES string of the molecule is COc1ccccc1OCc1nn2c(CSC34CC5CC(CC(C5)C3)C4)nnc2s1. The molecule has 0 radical (unpaired) electrons. The number of aromatic nitrogens is 4. The highest BCUT2D eigenvalue weighted by atomic mass is 32.2. The number of methoxy groups -OCH3 is 1. The molecule has 4 fully saturated rings. The summed E-state index contributed by atoms with van der Waals surface area (Å²) in [5, 5.41) is 14.4. The number of hydrogen-bond donors (Lipinski definition) is 0. The number of rotatable bonds is 7. The summed E-state index contributed by atoms with van der Waals surface area (Å²) in [7, 11) is 1.65. The molecule has 0 saturated heterocycles. The summed E-state index contributed by atoms with van der Waals surface area (Å²) in [6, 6.07) is 7.68. The second kappa shape index (κ2) is 7.41. The predicted octanol–water partition coefficient (Wildman–Crippen LogP) is 4.98. The van der Waals surface area contributed by atoms with E-state index in [0.29, 0.717) is 11.4 Å². The van der Waals surface area contributed by atoms with Gasteiger partial charge >= 0.3 is 0 Å². The minimum absolute atomic E-state index is 0.399. The van der Waals surface area contributed by atoms with Gasteiger partial charge < -0.3 is 9.47 Å². The molecule has 8 heteroatoms. The van der Waals surface area contributed by atoms with Crippen LogP contribution in [0, 0.1) is 17.8 Å². The zero-order valence-electron chi connectivity index (χ0n) is 17.1. The van der Waals surface area contributed by atoms with E-state index in [0.717, 1.165) is 50.8 Å². The summed E-state index contributed by atoms with van der Waals surface area (Å²) in [4.78, 5) is 0.842. The number of para-hydroxylation sites is 2. The highest BCUT2D eigenvalue weighted by Crippen LogP contribution is 2.61. The topological polar surface area (TPSA) is 61.5 Å². The Labute approximate surface area is 184 Å². The lowest BCUT2D eigenvalue weighted by Crippen LogP contribution is -2.48. The van der Waals surface area contributed by atoms with Gasteiger partial charge in [0, 0.05) is 4.75 Å². The van der Waals surface area contributed by atoms with Gasteiger partial charge in [0.15, 0.2) is 22.3 Å². The molecule has 0 N–H and O–H groups in total. The smallest absolute Gasteiger partial charge is 0.234 e. The van der Waals surface area contributed by atoms with Crippen LogP contribution in [0.15, 0.2) is 24.3 Å². The Kier molecular flexibility index (Phi) is 4.67. The number of thioether (sulfide) groups is 1. The average molecular weight is 443 g/mol. The van der Waals surface area contributed by atoms with Crippen LogP contribution in [-0.4, -0.2) is 31.7 Å². The molecular weight excluding hydrogens is 416 g/mol. The molecule has 1 aromatic carbocycles. The summed E-state index contributed by atoms with van der Waals surface area (Å²) in [6.45, 7) is 0.399. The fraction of sp³-hybridized carbons (Fsp3) is 0.591. The first-order valence-corrected chi connectivity index (χ1v) is 12.6. The van der Waals surface area contributed by atoms with E-state index in [1.165, 1.54) is 49.9 Å². The zero-order chi connectivity index (χ0) is 20.1. The summed E-state index contributed by atoms with van der Waals surface area (Å²) >= 11 is 3.66. The minimum atomic E-state index is 0.399. The molecule has 30 heavy (non-hydrogen) atoms. The van der Waals surface area contributed by atoms with Gasteiger partial charge in [-0.25, -0.2) is 0 Å². The Morgan fingerprint density at radius 1 is 1.07 bits per heavy atom. The standard InChI is InChI=1S/C22H26N4O2S2/c1-27-17-4-2-3-5-18(17)28-12-20-25-26-19(23-24-21(26)30-20)13-29-22-9-14-6-15(10-22)8-16(7-14)11-22/h2-5,14-16H,6-13H2,1H3. The maximum absolute atomic E-state index is 5.93. The normalized spacial score (nSPS) is 29.6. The molecular formula is C22H26N4O2S2. The van der Waals surface area contributed by atoms with Gasteiger partial charge in [-0.3, -0.25) is 0 Å². The van der Waals surface area contributed by atoms with Crippen molar-refractivity contribution >= 4 is 28.1 Å². The van der Waals surface area contributed by atoms with Crippen LogP contribution in [0.2, 0.25) is 0 Å². The molecule has 4 saturated carbocycles. The molecule has 4 bridgehead atoms. The molecule has 7 rings (SSSR count). The Bertz CT molecular complexity index is 1030. The van der Waals surface area contributed by atoms with Crippen molar-refractivity contribution in [3.63, 3.8) is 0 Å². The monoisotopic (exact) mass is 442 g/mol. The number of hydrogen-bond acceptors (Lipinski definition) is 7. The third-order valence-electron chi connectivity index (χ3n) is 7.01. The summed E-state index contributed by atoms with van der Waals surface area (Å²) in [6.07, 6.45) is 8.66. The molecule has 0 aliphatic heterocycles. The van der Waals surface area contributed by atoms with Crippen molar-refractivity contribution in [3.05, 3.63) is 35.1 Å². The van der Waals surface area contributed by atoms with Gasteiger partial charge in [-0.1, -0.05) is 23.5 Å². The fourth-order valence-corrected chi connectivity index (χ4v) is 8.59. The lowest BCUT2D eigenvalue weighted by molar-refractivity contribution is 0.0383. The van der Waals surface area contributed by atoms with Crippen LogP contribution in [0.5, 0.6) is 11.5 Å². The van der Waals surface area contributed by atoms with E-state index >= 15 is 0 Å². The van der Waals surface area contributed by atoms with Gasteiger partial charge in [-0.05, 0) is 68.4 Å². The first kappa shape index (κ1) is 18.9. The van der Waals surface area contributed by atoms with Crippen molar-refractivity contribution in [2.75, 3.05) is 7.11 Å². The molecule has 2 heterocycles. The van der Waals surface area contributed by atoms with E-state index in [-0.39, 0.29) is 0 Å². The molecule has 4 aliphatic rings. The Balaban J connectivity index is 1.15. The van der Waals surface area contributed by atoms with Crippen molar-refractivity contribution in [2.45, 2.75) is 55.6 Å². The van der Waals surface area contributed by atoms with Crippen molar-refractivity contribution in [1.82, 2.24) is 19.8 Å². The molecule has 2 aromatic heterocycles. The quantitative estimate of drug-likeness (QED) is 0.515. The lowest BCUT2D eigenvalue weighted by Gasteiger charge is -2.56. The van der Waals surface area contributed by atoms with E-state index < -0.39 is 0 Å². The molecule has 6 nitrogen and oxygen atoms in total. The highest BCUT2D eigenvalue weighted by Gasteiger charge is 2.51. The van der Waals surface area contributed by atoms with E-state index in [4.69, 9.17) is 14.6 Å². The van der Waals surface area contributed by atoms with Crippen molar-refractivity contribution in [3.8, 4) is 11.5 Å². The van der Waals surface area contributed by atoms with Crippen molar-refractivity contribution in [1.29, 1.82) is 0 Å². The van der Waals surface area contributed by atoms with Crippen molar-refractivity contribution < 1.29 is 9.47 Å². The largest absolute Gasteiger partial charge is 0.493 e. The van der Waals surface area contributed by atoms with E-state index in [2.05, 4.69) is 22.0 Å². The number of benzene rings is 1. The first-order chi connectivity index (χ1) is 14.7. The fourth-order valence-electron chi connectivity index (χ4n) is 6.15. The average Bonchev–Trinajstić information content (AvgIpc) is 3.30. The van der Waals surface area contributed by atoms with Gasteiger partial charge in [0.05, 0.1) is 12.9 Å². The van der Waals surface area contributed by atoms with Crippen LogP contribution in [-0.2, 0) is 12.4 Å². The van der Waals surface area contributed by atoms with E-state index in [9.17, 15) is 0 Å². The molecule has 158 valence electrons. The third kappa shape index (κ3) is 3.38.